The molecule has 5 nitrogen and oxygen atoms in total. The van der Waals surface area contributed by atoms with Crippen molar-refractivity contribution < 1.29 is 12.8 Å². The van der Waals surface area contributed by atoms with Crippen LogP contribution in [0.4, 0.5) is 15.8 Å². The van der Waals surface area contributed by atoms with Crippen LogP contribution in [0.5, 0.6) is 0 Å². The molecule has 2 N–H and O–H groups in total. The molecule has 0 aliphatic rings. The van der Waals surface area contributed by atoms with Crippen molar-refractivity contribution in [3.05, 3.63) is 48.0 Å². The maximum Gasteiger partial charge on any atom is 0.265 e. The van der Waals surface area contributed by atoms with Crippen molar-refractivity contribution in [2.45, 2.75) is 11.8 Å². The summed E-state index contributed by atoms with van der Waals surface area (Å²) >= 11 is 0. The van der Waals surface area contributed by atoms with Crippen LogP contribution in [-0.2, 0) is 10.0 Å². The summed E-state index contributed by atoms with van der Waals surface area (Å²) < 4.78 is 40.2. The highest BCUT2D eigenvalue weighted by Gasteiger charge is 2.19. The smallest absolute Gasteiger partial charge is 0.265 e. The quantitative estimate of drug-likeness (QED) is 0.908. The summed E-state index contributed by atoms with van der Waals surface area (Å²) in [6.45, 7) is 1.69. The number of benzene rings is 1. The molecule has 0 radical (unpaired) electrons. The Labute approximate surface area is 116 Å². The van der Waals surface area contributed by atoms with Gasteiger partial charge in [-0.1, -0.05) is 6.07 Å². The van der Waals surface area contributed by atoms with Crippen molar-refractivity contribution in [3.63, 3.8) is 0 Å². The molecule has 7 heteroatoms. The van der Waals surface area contributed by atoms with E-state index in [9.17, 15) is 12.8 Å². The minimum absolute atomic E-state index is 0.00570. The Morgan fingerprint density at radius 3 is 2.65 bits per heavy atom. The molecule has 0 fully saturated rings. The van der Waals surface area contributed by atoms with Gasteiger partial charge < -0.3 is 5.32 Å². The topological polar surface area (TPSA) is 71.1 Å². The highest BCUT2D eigenvalue weighted by Crippen LogP contribution is 2.24. The molecule has 0 aliphatic carbocycles. The molecule has 2 rings (SSSR count). The van der Waals surface area contributed by atoms with Crippen LogP contribution in [0.2, 0.25) is 0 Å². The fourth-order valence-corrected chi connectivity index (χ4v) is 2.98. The van der Waals surface area contributed by atoms with Crippen molar-refractivity contribution in [3.8, 4) is 0 Å². The van der Waals surface area contributed by atoms with E-state index >= 15 is 0 Å². The lowest BCUT2D eigenvalue weighted by Gasteiger charge is -2.13. The average molecular weight is 295 g/mol. The van der Waals surface area contributed by atoms with Gasteiger partial charge in [0.15, 0.2) is 0 Å². The highest BCUT2D eigenvalue weighted by atomic mass is 32.2. The zero-order valence-electron chi connectivity index (χ0n) is 11.0. The molecule has 0 spiro atoms. The summed E-state index contributed by atoms with van der Waals surface area (Å²) in [5.74, 6) is -0.506. The highest BCUT2D eigenvalue weighted by molar-refractivity contribution is 7.92. The number of nitrogens with one attached hydrogen (secondary N) is 2. The van der Waals surface area contributed by atoms with Gasteiger partial charge in [-0.25, -0.2) is 12.8 Å². The normalized spacial score (nSPS) is 11.2. The molecule has 20 heavy (non-hydrogen) atoms. The second-order valence-electron chi connectivity index (χ2n) is 4.19. The third-order valence-corrected chi connectivity index (χ3v) is 4.18. The van der Waals surface area contributed by atoms with E-state index in [1.165, 1.54) is 24.5 Å². The fourth-order valence-electron chi connectivity index (χ4n) is 1.70. The molecular weight excluding hydrogens is 281 g/mol. The molecule has 0 aliphatic heterocycles. The fraction of sp³-hybridized carbons (Fsp3) is 0.154. The molecule has 0 bridgehead atoms. The van der Waals surface area contributed by atoms with E-state index < -0.39 is 15.8 Å². The first-order chi connectivity index (χ1) is 9.44. The first kappa shape index (κ1) is 14.3. The third kappa shape index (κ3) is 2.88. The van der Waals surface area contributed by atoms with Gasteiger partial charge in [-0.15, -0.1) is 0 Å². The molecule has 2 aromatic rings. The maximum absolute atomic E-state index is 13.2. The first-order valence-corrected chi connectivity index (χ1v) is 7.33. The van der Waals surface area contributed by atoms with Crippen LogP contribution in [0, 0.1) is 12.7 Å². The monoisotopic (exact) mass is 295 g/mol. The molecule has 1 aromatic carbocycles. The van der Waals surface area contributed by atoms with Crippen molar-refractivity contribution in [2.75, 3.05) is 17.1 Å². The van der Waals surface area contributed by atoms with Gasteiger partial charge in [0.25, 0.3) is 10.0 Å². The van der Waals surface area contributed by atoms with Crippen LogP contribution < -0.4 is 10.0 Å². The zero-order valence-corrected chi connectivity index (χ0v) is 11.8. The molecule has 106 valence electrons. The van der Waals surface area contributed by atoms with Crippen LogP contribution in [0.25, 0.3) is 0 Å². The number of aryl methyl sites for hydroxylation is 1. The number of nitrogens with zero attached hydrogens (tertiary/aromatic N) is 1. The van der Waals surface area contributed by atoms with Crippen molar-refractivity contribution in [1.29, 1.82) is 0 Å². The molecule has 1 aromatic heterocycles. The minimum Gasteiger partial charge on any atom is -0.387 e. The van der Waals surface area contributed by atoms with Crippen molar-refractivity contribution >= 4 is 21.4 Å². The Kier molecular flexibility index (Phi) is 3.89. The Bertz CT molecular complexity index is 732. The van der Waals surface area contributed by atoms with Gasteiger partial charge in [0.1, 0.15) is 10.7 Å². The number of halogens is 1. The largest absolute Gasteiger partial charge is 0.387 e. The number of hydrogen-bond donors (Lipinski definition) is 2. The Balaban J connectivity index is 2.43. The third-order valence-electron chi connectivity index (χ3n) is 2.79. The van der Waals surface area contributed by atoms with E-state index in [4.69, 9.17) is 0 Å². The van der Waals surface area contributed by atoms with Crippen LogP contribution in [0.1, 0.15) is 5.56 Å². The predicted octanol–water partition coefficient (Wildman–Crippen LogP) is 2.37. The van der Waals surface area contributed by atoms with Gasteiger partial charge in [-0.2, -0.15) is 0 Å². The van der Waals surface area contributed by atoms with E-state index in [2.05, 4.69) is 15.0 Å². The lowest BCUT2D eigenvalue weighted by atomic mass is 10.2. The van der Waals surface area contributed by atoms with Crippen LogP contribution >= 0.6 is 0 Å². The SMILES string of the molecule is CNc1ccncc1S(=O)(=O)Nc1cc(F)ccc1C. The van der Waals surface area contributed by atoms with Crippen LogP contribution in [0.15, 0.2) is 41.6 Å². The van der Waals surface area contributed by atoms with Crippen molar-refractivity contribution in [2.24, 2.45) is 0 Å². The molecular formula is C13H14FN3O2S. The molecule has 0 saturated carbocycles. The summed E-state index contributed by atoms with van der Waals surface area (Å²) in [4.78, 5) is 3.81. The lowest BCUT2D eigenvalue weighted by Crippen LogP contribution is -2.16. The van der Waals surface area contributed by atoms with E-state index in [1.54, 1.807) is 20.0 Å². The number of hydrogen-bond acceptors (Lipinski definition) is 4. The van der Waals surface area contributed by atoms with E-state index in [0.29, 0.717) is 11.3 Å². The van der Waals surface area contributed by atoms with Gasteiger partial charge >= 0.3 is 0 Å². The van der Waals surface area contributed by atoms with Gasteiger partial charge in [0.05, 0.1) is 11.4 Å². The molecule has 0 atom stereocenters. The summed E-state index contributed by atoms with van der Waals surface area (Å²) in [5, 5.41) is 2.78. The Morgan fingerprint density at radius 1 is 1.20 bits per heavy atom. The molecule has 0 unspecified atom stereocenters. The number of sulfonamides is 1. The Hall–Kier alpha value is -2.15. The van der Waals surface area contributed by atoms with Gasteiger partial charge in [-0.3, -0.25) is 9.71 Å². The first-order valence-electron chi connectivity index (χ1n) is 5.85. The summed E-state index contributed by atoms with van der Waals surface area (Å²) in [6.07, 6.45) is 2.72. The van der Waals surface area contributed by atoms with Crippen molar-refractivity contribution in [1.82, 2.24) is 4.98 Å². The van der Waals surface area contributed by atoms with Gasteiger partial charge in [0.2, 0.25) is 0 Å². The minimum atomic E-state index is -3.84. The summed E-state index contributed by atoms with van der Waals surface area (Å²) in [5.41, 5.74) is 1.25. The second-order valence-corrected chi connectivity index (χ2v) is 5.84. The number of rotatable bonds is 4. The summed E-state index contributed by atoms with van der Waals surface area (Å²) in [7, 11) is -2.22. The molecule has 0 amide bonds. The van der Waals surface area contributed by atoms with Crippen LogP contribution in [-0.4, -0.2) is 20.4 Å². The maximum atomic E-state index is 13.2. The number of anilines is 2. The average Bonchev–Trinajstić information content (AvgIpc) is 2.42. The van der Waals surface area contributed by atoms with Gasteiger partial charge in [-0.05, 0) is 30.7 Å². The number of pyridine rings is 1. The zero-order chi connectivity index (χ0) is 14.8. The van der Waals surface area contributed by atoms with E-state index in [0.717, 1.165) is 6.07 Å². The molecule has 0 saturated heterocycles. The van der Waals surface area contributed by atoms with Crippen LogP contribution in [0.3, 0.4) is 0 Å². The second kappa shape index (κ2) is 5.46. The van der Waals surface area contributed by atoms with E-state index in [-0.39, 0.29) is 10.6 Å². The lowest BCUT2D eigenvalue weighted by molar-refractivity contribution is 0.601. The van der Waals surface area contributed by atoms with E-state index in [1.807, 2.05) is 0 Å². The van der Waals surface area contributed by atoms with Gasteiger partial charge in [0, 0.05) is 19.4 Å². The summed E-state index contributed by atoms with van der Waals surface area (Å²) in [6, 6.07) is 5.47. The standard InChI is InChI=1S/C13H14FN3O2S/c1-9-3-4-10(14)7-12(9)17-20(18,19)13-8-16-6-5-11(13)15-2/h3-8,17H,1-2H3,(H,15,16). The predicted molar refractivity (Wildman–Crippen MR) is 75.7 cm³/mol. The molecule has 1 heterocycles. The number of aromatic nitrogens is 1. The Morgan fingerprint density at radius 2 is 1.95 bits per heavy atom.